The Balaban J connectivity index is 1.44. The van der Waals surface area contributed by atoms with Gasteiger partial charge in [0.1, 0.15) is 11.2 Å². The molecule has 6 aliphatic rings. The van der Waals surface area contributed by atoms with Crippen LogP contribution in [-0.2, 0) is 15.0 Å². The van der Waals surface area contributed by atoms with Gasteiger partial charge in [-0.25, -0.2) is 4.39 Å². The summed E-state index contributed by atoms with van der Waals surface area (Å²) >= 11 is 12.8. The number of hydrogen-bond donors (Lipinski definition) is 2. The molecule has 218 valence electrons. The number of halogens is 3. The summed E-state index contributed by atoms with van der Waals surface area (Å²) < 4.78 is 16.2. The molecule has 8 rings (SSSR count). The Morgan fingerprint density at radius 1 is 1.00 bits per heavy atom. The number of benzene rings is 2. The number of anilines is 1. The highest BCUT2D eigenvalue weighted by Crippen LogP contribution is 2.66. The summed E-state index contributed by atoms with van der Waals surface area (Å²) in [5.74, 6) is -1.63. The molecule has 0 aromatic heterocycles. The number of amides is 2. The van der Waals surface area contributed by atoms with Crippen molar-refractivity contribution in [2.45, 2.75) is 106 Å². The zero-order chi connectivity index (χ0) is 28.8. The van der Waals surface area contributed by atoms with Crippen LogP contribution in [0, 0.1) is 11.2 Å². The SMILES string of the molecule is CN1[C@@H](C(=O)NC23CCC(C)(CC2)CC3)[C@H](c2cccc(Cl)c2F)[C@]2(C(=O)Nc3cc(Cl)ccc32)C12CCCCC2. The smallest absolute Gasteiger partial charge is 0.238 e. The van der Waals surface area contributed by atoms with Crippen molar-refractivity contribution in [2.75, 3.05) is 12.4 Å². The van der Waals surface area contributed by atoms with Crippen molar-refractivity contribution >= 4 is 40.7 Å². The minimum atomic E-state index is -1.19. The van der Waals surface area contributed by atoms with Crippen LogP contribution in [0.4, 0.5) is 10.1 Å². The molecule has 2 bridgehead atoms. The summed E-state index contributed by atoms with van der Waals surface area (Å²) in [5, 5.41) is 7.18. The van der Waals surface area contributed by atoms with E-state index in [9.17, 15) is 9.59 Å². The third-order valence-corrected chi connectivity index (χ3v) is 12.4. The van der Waals surface area contributed by atoms with Crippen molar-refractivity contribution in [3.63, 3.8) is 0 Å². The Morgan fingerprint density at radius 3 is 2.37 bits per heavy atom. The molecule has 0 unspecified atom stereocenters. The fourth-order valence-corrected chi connectivity index (χ4v) is 10.00. The molecule has 2 spiro atoms. The minimum absolute atomic E-state index is 0.00349. The summed E-state index contributed by atoms with van der Waals surface area (Å²) in [5.41, 5.74) is 0.0209. The zero-order valence-electron chi connectivity index (χ0n) is 23.8. The topological polar surface area (TPSA) is 61.4 Å². The first-order chi connectivity index (χ1) is 19.6. The van der Waals surface area contributed by atoms with Crippen LogP contribution in [0.3, 0.4) is 0 Å². The highest BCUT2D eigenvalue weighted by Gasteiger charge is 2.75. The van der Waals surface area contributed by atoms with Gasteiger partial charge in [-0.15, -0.1) is 0 Å². The predicted octanol–water partition coefficient (Wildman–Crippen LogP) is 7.35. The van der Waals surface area contributed by atoms with Crippen LogP contribution >= 0.6 is 23.2 Å². The van der Waals surface area contributed by atoms with Crippen molar-refractivity contribution in [1.29, 1.82) is 0 Å². The van der Waals surface area contributed by atoms with Gasteiger partial charge in [0.05, 0.1) is 11.1 Å². The number of fused-ring (bicyclic) bond motifs is 6. The monoisotopic (exact) mass is 597 g/mol. The van der Waals surface area contributed by atoms with Crippen LogP contribution in [0.2, 0.25) is 10.0 Å². The highest BCUT2D eigenvalue weighted by molar-refractivity contribution is 6.31. The molecule has 4 aliphatic carbocycles. The summed E-state index contributed by atoms with van der Waals surface area (Å²) in [6.07, 6.45) is 10.6. The molecule has 2 aliphatic heterocycles. The van der Waals surface area contributed by atoms with Gasteiger partial charge >= 0.3 is 0 Å². The van der Waals surface area contributed by atoms with Gasteiger partial charge in [0.15, 0.2) is 0 Å². The molecular formula is C33H38Cl2FN3O2. The maximum Gasteiger partial charge on any atom is 0.238 e. The van der Waals surface area contributed by atoms with E-state index in [4.69, 9.17) is 23.2 Å². The molecule has 2 aromatic rings. The number of nitrogens with one attached hydrogen (secondary N) is 2. The summed E-state index contributed by atoms with van der Waals surface area (Å²) in [6, 6.07) is 9.72. The minimum Gasteiger partial charge on any atom is -0.349 e. The fraction of sp³-hybridized carbons (Fsp3) is 0.576. The lowest BCUT2D eigenvalue weighted by Gasteiger charge is -2.53. The van der Waals surface area contributed by atoms with Crippen molar-refractivity contribution < 1.29 is 14.0 Å². The zero-order valence-corrected chi connectivity index (χ0v) is 25.3. The van der Waals surface area contributed by atoms with Gasteiger partial charge in [0, 0.05) is 27.7 Å². The van der Waals surface area contributed by atoms with E-state index in [0.29, 0.717) is 21.7 Å². The van der Waals surface area contributed by atoms with E-state index in [-0.39, 0.29) is 22.4 Å². The van der Waals surface area contributed by atoms with Crippen LogP contribution in [0.15, 0.2) is 36.4 Å². The molecule has 2 aromatic carbocycles. The molecular weight excluding hydrogens is 560 g/mol. The van der Waals surface area contributed by atoms with E-state index < -0.39 is 28.7 Å². The standard InChI is InChI=1S/C33H38Cl2FN3O2/c1-30-13-16-31(17-14-30,18-15-30)38-28(40)27-25(21-7-6-8-23(35)26(21)36)33(32(39(27)2)11-4-3-5-12-32)22-10-9-20(34)19-24(22)37-29(33)41/h6-10,19,25,27H,3-5,11-18H2,1-2H3,(H,37,41)(H,38,40)/t25-,27+,30?,31?,33+/m0/s1. The van der Waals surface area contributed by atoms with Crippen LogP contribution in [0.5, 0.6) is 0 Å². The number of nitrogens with zero attached hydrogens (tertiary/aromatic N) is 1. The third kappa shape index (κ3) is 3.75. The van der Waals surface area contributed by atoms with E-state index >= 15 is 4.39 Å². The highest BCUT2D eigenvalue weighted by atomic mass is 35.5. The first kappa shape index (κ1) is 27.7. The average Bonchev–Trinajstić information content (AvgIpc) is 3.36. The molecule has 4 saturated carbocycles. The molecule has 8 heteroatoms. The fourth-order valence-electron chi connectivity index (χ4n) is 9.64. The first-order valence-corrected chi connectivity index (χ1v) is 15.9. The van der Waals surface area contributed by atoms with Gasteiger partial charge < -0.3 is 10.6 Å². The maximum absolute atomic E-state index is 16.2. The van der Waals surface area contributed by atoms with E-state index in [2.05, 4.69) is 22.5 Å². The van der Waals surface area contributed by atoms with Crippen molar-refractivity contribution in [3.8, 4) is 0 Å². The van der Waals surface area contributed by atoms with Gasteiger partial charge in [0.2, 0.25) is 11.8 Å². The Morgan fingerprint density at radius 2 is 1.68 bits per heavy atom. The van der Waals surface area contributed by atoms with Gasteiger partial charge in [-0.3, -0.25) is 14.5 Å². The molecule has 41 heavy (non-hydrogen) atoms. The third-order valence-electron chi connectivity index (χ3n) is 11.9. The Labute approximate surface area is 251 Å². The van der Waals surface area contributed by atoms with E-state index in [0.717, 1.165) is 76.2 Å². The van der Waals surface area contributed by atoms with Gasteiger partial charge in [-0.05, 0) is 93.2 Å². The molecule has 2 N–H and O–H groups in total. The summed E-state index contributed by atoms with van der Waals surface area (Å²) in [6.45, 7) is 2.36. The number of likely N-dealkylation sites (N-methyl/N-ethyl adjacent to an activating group) is 1. The second kappa shape index (κ2) is 9.42. The first-order valence-electron chi connectivity index (χ1n) is 15.2. The molecule has 3 atom stereocenters. The molecule has 2 heterocycles. The lowest BCUT2D eigenvalue weighted by molar-refractivity contribution is -0.131. The van der Waals surface area contributed by atoms with Crippen LogP contribution in [0.25, 0.3) is 0 Å². The van der Waals surface area contributed by atoms with Crippen molar-refractivity contribution in [3.05, 3.63) is 63.4 Å². The lowest BCUT2D eigenvalue weighted by atomic mass is 9.55. The van der Waals surface area contributed by atoms with Crippen LogP contribution < -0.4 is 10.6 Å². The van der Waals surface area contributed by atoms with Gasteiger partial charge in [0.25, 0.3) is 0 Å². The van der Waals surface area contributed by atoms with E-state index in [1.54, 1.807) is 24.3 Å². The van der Waals surface area contributed by atoms with E-state index in [1.165, 1.54) is 6.07 Å². The molecule has 5 fully saturated rings. The Hall–Kier alpha value is -2.15. The lowest BCUT2D eigenvalue weighted by Crippen LogP contribution is -2.61. The largest absolute Gasteiger partial charge is 0.349 e. The van der Waals surface area contributed by atoms with Crippen LogP contribution in [0.1, 0.15) is 94.6 Å². The normalized spacial score (nSPS) is 35.6. The Kier molecular flexibility index (Phi) is 6.36. The maximum atomic E-state index is 16.2. The number of hydrogen-bond acceptors (Lipinski definition) is 3. The number of carbonyl (C=O) groups excluding carboxylic acids is 2. The second-order valence-corrected chi connectivity index (χ2v) is 14.6. The summed E-state index contributed by atoms with van der Waals surface area (Å²) in [4.78, 5) is 31.5. The number of rotatable bonds is 3. The predicted molar refractivity (Wildman–Crippen MR) is 160 cm³/mol. The quantitative estimate of drug-likeness (QED) is 0.389. The molecule has 1 saturated heterocycles. The van der Waals surface area contributed by atoms with E-state index in [1.807, 2.05) is 13.1 Å². The van der Waals surface area contributed by atoms with Gasteiger partial charge in [-0.2, -0.15) is 0 Å². The number of likely N-dealkylation sites (tertiary alicyclic amines) is 1. The average molecular weight is 599 g/mol. The summed E-state index contributed by atoms with van der Waals surface area (Å²) in [7, 11) is 1.98. The second-order valence-electron chi connectivity index (χ2n) is 13.8. The van der Waals surface area contributed by atoms with Gasteiger partial charge in [-0.1, -0.05) is 67.6 Å². The molecule has 5 nitrogen and oxygen atoms in total. The molecule has 2 amide bonds. The van der Waals surface area contributed by atoms with Crippen molar-refractivity contribution in [2.24, 2.45) is 5.41 Å². The Bertz CT molecular complexity index is 1420. The van der Waals surface area contributed by atoms with Crippen molar-refractivity contribution in [1.82, 2.24) is 10.2 Å². The van der Waals surface area contributed by atoms with Crippen LogP contribution in [-0.4, -0.2) is 40.9 Å². The molecule has 0 radical (unpaired) electrons. The number of carbonyl (C=O) groups is 2.